The zero-order valence-corrected chi connectivity index (χ0v) is 17.3. The number of nitrogens with zero attached hydrogens (tertiary/aromatic N) is 2. The van der Waals surface area contributed by atoms with Crippen molar-refractivity contribution in [1.29, 1.82) is 0 Å². The van der Waals surface area contributed by atoms with Crippen LogP contribution in [0.15, 0.2) is 41.2 Å². The minimum absolute atomic E-state index is 0.154. The molecule has 1 N–H and O–H groups in total. The van der Waals surface area contributed by atoms with Crippen molar-refractivity contribution in [3.63, 3.8) is 0 Å². The number of hydrogen-bond acceptors (Lipinski definition) is 5. The van der Waals surface area contributed by atoms with Gasteiger partial charge >= 0.3 is 4.87 Å². The Bertz CT molecular complexity index is 1270. The topological polar surface area (TPSA) is 88.5 Å². The van der Waals surface area contributed by atoms with Crippen LogP contribution in [-0.2, 0) is 21.9 Å². The first kappa shape index (κ1) is 20.9. The maximum Gasteiger partial charge on any atom is 0.307 e. The van der Waals surface area contributed by atoms with Gasteiger partial charge in [0, 0.05) is 18.8 Å². The Labute approximate surface area is 169 Å². The van der Waals surface area contributed by atoms with E-state index < -0.39 is 33.6 Å². The Morgan fingerprint density at radius 2 is 1.86 bits per heavy atom. The highest BCUT2D eigenvalue weighted by molar-refractivity contribution is 7.92. The molecule has 7 nitrogen and oxygen atoms in total. The molecule has 154 valence electrons. The first-order valence-electron chi connectivity index (χ1n) is 8.34. The molecule has 0 saturated heterocycles. The third kappa shape index (κ3) is 4.15. The summed E-state index contributed by atoms with van der Waals surface area (Å²) in [4.78, 5) is 24.3. The number of thiazole rings is 1. The van der Waals surface area contributed by atoms with Crippen LogP contribution in [0.1, 0.15) is 6.92 Å². The molecule has 1 aromatic heterocycles. The molecule has 1 unspecified atom stereocenters. The van der Waals surface area contributed by atoms with Gasteiger partial charge in [0.05, 0.1) is 22.2 Å². The number of carbonyl (C=O) groups excluding carboxylic acids is 1. The van der Waals surface area contributed by atoms with Crippen molar-refractivity contribution in [2.45, 2.75) is 13.0 Å². The quantitative estimate of drug-likeness (QED) is 0.659. The fraction of sp³-hybridized carbons (Fsp3) is 0.222. The lowest BCUT2D eigenvalue weighted by Gasteiger charge is -2.28. The van der Waals surface area contributed by atoms with E-state index in [9.17, 15) is 26.8 Å². The highest BCUT2D eigenvalue weighted by atomic mass is 32.2. The lowest BCUT2D eigenvalue weighted by molar-refractivity contribution is -0.116. The Hall–Kier alpha value is -2.79. The van der Waals surface area contributed by atoms with Gasteiger partial charge in [0.1, 0.15) is 6.04 Å². The predicted octanol–water partition coefficient (Wildman–Crippen LogP) is 2.67. The van der Waals surface area contributed by atoms with Crippen LogP contribution in [0.25, 0.3) is 10.2 Å². The van der Waals surface area contributed by atoms with Gasteiger partial charge in [-0.15, -0.1) is 0 Å². The lowest BCUT2D eigenvalue weighted by atomic mass is 10.2. The largest absolute Gasteiger partial charge is 0.324 e. The summed E-state index contributed by atoms with van der Waals surface area (Å²) in [6.45, 7) is 1.33. The second-order valence-corrected chi connectivity index (χ2v) is 9.28. The number of aryl methyl sites for hydroxylation is 1. The van der Waals surface area contributed by atoms with E-state index in [0.29, 0.717) is 26.3 Å². The molecule has 1 amide bonds. The summed E-state index contributed by atoms with van der Waals surface area (Å²) in [7, 11) is -2.35. The zero-order valence-electron chi connectivity index (χ0n) is 15.6. The van der Waals surface area contributed by atoms with E-state index >= 15 is 0 Å². The normalized spacial score (nSPS) is 12.7. The number of anilines is 2. The summed E-state index contributed by atoms with van der Waals surface area (Å²) in [5, 5.41) is 2.59. The van der Waals surface area contributed by atoms with Crippen molar-refractivity contribution in [2.75, 3.05) is 15.9 Å². The third-order valence-corrected chi connectivity index (χ3v) is 6.54. The Morgan fingerprint density at radius 3 is 2.48 bits per heavy atom. The number of halogens is 2. The molecule has 11 heteroatoms. The van der Waals surface area contributed by atoms with Gasteiger partial charge < -0.3 is 9.88 Å². The predicted molar refractivity (Wildman–Crippen MR) is 109 cm³/mol. The van der Waals surface area contributed by atoms with Crippen LogP contribution in [0, 0.1) is 11.6 Å². The molecule has 3 aromatic rings. The Balaban J connectivity index is 1.91. The number of aromatic nitrogens is 1. The monoisotopic (exact) mass is 441 g/mol. The molecule has 0 saturated carbocycles. The van der Waals surface area contributed by atoms with Crippen LogP contribution in [0.2, 0.25) is 0 Å². The molecule has 0 aliphatic carbocycles. The second kappa shape index (κ2) is 7.56. The molecule has 3 rings (SSSR count). The molecular weight excluding hydrogens is 424 g/mol. The van der Waals surface area contributed by atoms with E-state index in [1.807, 2.05) is 0 Å². The molecule has 1 atom stereocenters. The molecule has 29 heavy (non-hydrogen) atoms. The molecule has 0 aliphatic heterocycles. The fourth-order valence-electron chi connectivity index (χ4n) is 2.89. The number of rotatable bonds is 5. The average Bonchev–Trinajstić information content (AvgIpc) is 2.90. The summed E-state index contributed by atoms with van der Waals surface area (Å²) in [6.07, 6.45) is 0.867. The standard InChI is InChI=1S/C18H17F2N3O4S2/c1-10(23(29(3,26)27)12-5-6-13(19)14(20)9-12)17(24)21-11-4-7-15-16(8-11)28-18(25)22(15)2/h4-10H,1-3H3,(H,21,24). The van der Waals surface area contributed by atoms with E-state index in [2.05, 4.69) is 5.32 Å². The van der Waals surface area contributed by atoms with Crippen molar-refractivity contribution in [2.24, 2.45) is 7.05 Å². The first-order chi connectivity index (χ1) is 13.5. The Kier molecular flexibility index (Phi) is 5.46. The molecule has 2 aromatic carbocycles. The summed E-state index contributed by atoms with van der Waals surface area (Å²) >= 11 is 1.01. The maximum atomic E-state index is 13.6. The first-order valence-corrected chi connectivity index (χ1v) is 11.0. The number of benzene rings is 2. The van der Waals surface area contributed by atoms with Gasteiger partial charge in [-0.25, -0.2) is 17.2 Å². The zero-order chi connectivity index (χ0) is 21.5. The highest BCUT2D eigenvalue weighted by Crippen LogP contribution is 2.25. The molecule has 0 aliphatic rings. The number of sulfonamides is 1. The minimum atomic E-state index is -3.98. The lowest BCUT2D eigenvalue weighted by Crippen LogP contribution is -2.45. The second-order valence-electron chi connectivity index (χ2n) is 6.43. The van der Waals surface area contributed by atoms with Gasteiger partial charge in [0.25, 0.3) is 0 Å². The van der Waals surface area contributed by atoms with Gasteiger partial charge in [0.2, 0.25) is 15.9 Å². The Morgan fingerprint density at radius 1 is 1.17 bits per heavy atom. The summed E-state index contributed by atoms with van der Waals surface area (Å²) in [5.74, 6) is -3.04. The van der Waals surface area contributed by atoms with E-state index in [4.69, 9.17) is 0 Å². The van der Waals surface area contributed by atoms with Crippen LogP contribution in [0.3, 0.4) is 0 Å². The van der Waals surface area contributed by atoms with Crippen molar-refractivity contribution < 1.29 is 22.0 Å². The molecule has 0 fully saturated rings. The minimum Gasteiger partial charge on any atom is -0.324 e. The van der Waals surface area contributed by atoms with E-state index in [-0.39, 0.29) is 10.6 Å². The maximum absolute atomic E-state index is 13.6. The van der Waals surface area contributed by atoms with E-state index in [1.54, 1.807) is 25.2 Å². The van der Waals surface area contributed by atoms with Gasteiger partial charge in [-0.1, -0.05) is 11.3 Å². The van der Waals surface area contributed by atoms with Crippen LogP contribution in [0.5, 0.6) is 0 Å². The summed E-state index contributed by atoms with van der Waals surface area (Å²) < 4.78 is 54.1. The van der Waals surface area contributed by atoms with Crippen molar-refractivity contribution in [3.05, 3.63) is 57.7 Å². The number of amides is 1. The molecule has 0 bridgehead atoms. The smallest absolute Gasteiger partial charge is 0.307 e. The van der Waals surface area contributed by atoms with Crippen molar-refractivity contribution in [3.8, 4) is 0 Å². The fourth-order valence-corrected chi connectivity index (χ4v) is 4.97. The van der Waals surface area contributed by atoms with Crippen LogP contribution in [-0.4, -0.2) is 31.2 Å². The van der Waals surface area contributed by atoms with Crippen LogP contribution < -0.4 is 14.5 Å². The number of nitrogens with one attached hydrogen (secondary N) is 1. The van der Waals surface area contributed by atoms with Gasteiger partial charge in [-0.05, 0) is 37.3 Å². The van der Waals surface area contributed by atoms with Gasteiger partial charge in [-0.3, -0.25) is 13.9 Å². The number of fused-ring (bicyclic) bond motifs is 1. The van der Waals surface area contributed by atoms with E-state index in [0.717, 1.165) is 29.7 Å². The van der Waals surface area contributed by atoms with Gasteiger partial charge in [0.15, 0.2) is 11.6 Å². The summed E-state index contributed by atoms with van der Waals surface area (Å²) in [5.41, 5.74) is 0.895. The average molecular weight is 441 g/mol. The molecule has 0 spiro atoms. The van der Waals surface area contributed by atoms with Gasteiger partial charge in [-0.2, -0.15) is 0 Å². The molecule has 1 heterocycles. The molecule has 0 radical (unpaired) electrons. The van der Waals surface area contributed by atoms with E-state index in [1.165, 1.54) is 11.5 Å². The van der Waals surface area contributed by atoms with Crippen LogP contribution in [0.4, 0.5) is 20.2 Å². The third-order valence-electron chi connectivity index (χ3n) is 4.31. The summed E-state index contributed by atoms with van der Waals surface area (Å²) in [6, 6.07) is 6.19. The number of carbonyl (C=O) groups is 1. The number of hydrogen-bond donors (Lipinski definition) is 1. The molecular formula is C18H17F2N3O4S2. The highest BCUT2D eigenvalue weighted by Gasteiger charge is 2.30. The SMILES string of the molecule is CC(C(=O)Nc1ccc2c(c1)sc(=O)n2C)N(c1ccc(F)c(F)c1)S(C)(=O)=O. The van der Waals surface area contributed by atoms with Crippen molar-refractivity contribution in [1.82, 2.24) is 4.57 Å². The van der Waals surface area contributed by atoms with Crippen LogP contribution >= 0.6 is 11.3 Å². The van der Waals surface area contributed by atoms with Crippen molar-refractivity contribution >= 4 is 48.9 Å².